The van der Waals surface area contributed by atoms with E-state index in [0.29, 0.717) is 0 Å². The molecule has 0 aromatic carbocycles. The molecule has 1 saturated heterocycles. The molecule has 1 fully saturated rings. The van der Waals surface area contributed by atoms with Crippen LogP contribution < -0.4 is 0 Å². The van der Waals surface area contributed by atoms with Crippen molar-refractivity contribution in [1.29, 1.82) is 0 Å². The minimum Gasteiger partial charge on any atom is -0.468 e. The molecular formula is C17H21N5O. The highest BCUT2D eigenvalue weighted by atomic mass is 16.3. The molecule has 1 atom stereocenters. The van der Waals surface area contributed by atoms with Crippen LogP contribution in [0.1, 0.15) is 30.3 Å². The van der Waals surface area contributed by atoms with Crippen molar-refractivity contribution in [2.75, 3.05) is 13.1 Å². The average Bonchev–Trinajstić information content (AvgIpc) is 3.32. The lowest BCUT2D eigenvalue weighted by atomic mass is 10.2. The van der Waals surface area contributed by atoms with Gasteiger partial charge in [-0.3, -0.25) is 4.90 Å². The van der Waals surface area contributed by atoms with Gasteiger partial charge in [-0.25, -0.2) is 9.97 Å². The first-order chi connectivity index (χ1) is 11.3. The zero-order valence-electron chi connectivity index (χ0n) is 13.3. The van der Waals surface area contributed by atoms with Crippen LogP contribution in [0.2, 0.25) is 0 Å². The fraction of sp³-hybridized carbons (Fsp3) is 0.412. The Labute approximate surface area is 135 Å². The van der Waals surface area contributed by atoms with Crippen molar-refractivity contribution in [1.82, 2.24) is 24.4 Å². The van der Waals surface area contributed by atoms with Gasteiger partial charge in [0.1, 0.15) is 11.5 Å². The maximum absolute atomic E-state index is 5.71. The van der Waals surface area contributed by atoms with Gasteiger partial charge >= 0.3 is 0 Å². The summed E-state index contributed by atoms with van der Waals surface area (Å²) in [7, 11) is 0. The zero-order chi connectivity index (χ0) is 15.6. The normalized spacial score (nSPS) is 16.9. The number of likely N-dealkylation sites (tertiary alicyclic amines) is 1. The molecule has 0 spiro atoms. The summed E-state index contributed by atoms with van der Waals surface area (Å²) in [6, 6.07) is 4.27. The summed E-state index contributed by atoms with van der Waals surface area (Å²) in [4.78, 5) is 14.5. The van der Waals surface area contributed by atoms with Crippen LogP contribution in [-0.2, 0) is 6.54 Å². The number of nitrogens with one attached hydrogen (secondary N) is 1. The van der Waals surface area contributed by atoms with Crippen LogP contribution in [0.5, 0.6) is 0 Å². The predicted octanol–water partition coefficient (Wildman–Crippen LogP) is 3.01. The van der Waals surface area contributed by atoms with Crippen LogP contribution >= 0.6 is 0 Å². The Morgan fingerprint density at radius 1 is 1.30 bits per heavy atom. The summed E-state index contributed by atoms with van der Waals surface area (Å²) >= 11 is 0. The molecule has 4 heterocycles. The first-order valence-corrected chi connectivity index (χ1v) is 8.12. The Hall–Kier alpha value is -2.34. The number of aromatic amines is 1. The minimum atomic E-state index is 0.236. The number of H-pyrrole nitrogens is 1. The Morgan fingerprint density at radius 2 is 2.17 bits per heavy atom. The molecule has 1 aliphatic rings. The highest BCUT2D eigenvalue weighted by Crippen LogP contribution is 2.29. The number of aryl methyl sites for hydroxylation is 1. The molecule has 0 aliphatic carbocycles. The minimum absolute atomic E-state index is 0.236. The maximum atomic E-state index is 5.71. The molecule has 23 heavy (non-hydrogen) atoms. The SMILES string of the molecule is Cc1[nH]cnc1-c1nccn1CC(c1ccco1)N1CCCC1. The van der Waals surface area contributed by atoms with Crippen molar-refractivity contribution in [2.45, 2.75) is 32.4 Å². The Kier molecular flexibility index (Phi) is 3.75. The lowest BCUT2D eigenvalue weighted by Gasteiger charge is -2.26. The lowest BCUT2D eigenvalue weighted by Crippen LogP contribution is -2.29. The Bertz CT molecular complexity index is 752. The first-order valence-electron chi connectivity index (χ1n) is 8.12. The van der Waals surface area contributed by atoms with Crippen molar-refractivity contribution in [3.63, 3.8) is 0 Å². The topological polar surface area (TPSA) is 62.9 Å². The summed E-state index contributed by atoms with van der Waals surface area (Å²) in [5.41, 5.74) is 1.95. The van der Waals surface area contributed by atoms with E-state index in [2.05, 4.69) is 30.5 Å². The Morgan fingerprint density at radius 3 is 2.87 bits per heavy atom. The van der Waals surface area contributed by atoms with E-state index in [4.69, 9.17) is 4.42 Å². The van der Waals surface area contributed by atoms with Gasteiger partial charge in [0, 0.05) is 24.6 Å². The van der Waals surface area contributed by atoms with Gasteiger partial charge in [-0.15, -0.1) is 0 Å². The number of rotatable bonds is 5. The maximum Gasteiger partial charge on any atom is 0.160 e. The van der Waals surface area contributed by atoms with Crippen molar-refractivity contribution < 1.29 is 4.42 Å². The van der Waals surface area contributed by atoms with Gasteiger partial charge in [-0.1, -0.05) is 0 Å². The van der Waals surface area contributed by atoms with Crippen LogP contribution in [0.15, 0.2) is 41.5 Å². The molecular weight excluding hydrogens is 290 g/mol. The lowest BCUT2D eigenvalue weighted by molar-refractivity contribution is 0.194. The second-order valence-electron chi connectivity index (χ2n) is 6.05. The highest BCUT2D eigenvalue weighted by Gasteiger charge is 2.27. The van der Waals surface area contributed by atoms with Crippen molar-refractivity contribution in [3.05, 3.63) is 48.6 Å². The number of furan rings is 1. The van der Waals surface area contributed by atoms with Crippen LogP contribution in [0.4, 0.5) is 0 Å². The molecule has 1 aliphatic heterocycles. The zero-order valence-corrected chi connectivity index (χ0v) is 13.3. The van der Waals surface area contributed by atoms with Crippen molar-refractivity contribution in [3.8, 4) is 11.5 Å². The van der Waals surface area contributed by atoms with E-state index >= 15 is 0 Å². The quantitative estimate of drug-likeness (QED) is 0.787. The average molecular weight is 311 g/mol. The molecule has 3 aromatic rings. The van der Waals surface area contributed by atoms with Gasteiger partial charge in [-0.05, 0) is 45.0 Å². The summed E-state index contributed by atoms with van der Waals surface area (Å²) in [6.45, 7) is 5.08. The van der Waals surface area contributed by atoms with E-state index in [1.165, 1.54) is 12.8 Å². The second kappa shape index (κ2) is 6.04. The number of hydrogen-bond donors (Lipinski definition) is 1. The third-order valence-electron chi connectivity index (χ3n) is 4.58. The molecule has 4 rings (SSSR count). The molecule has 0 amide bonds. The first kappa shape index (κ1) is 14.3. The van der Waals surface area contributed by atoms with Crippen LogP contribution in [-0.4, -0.2) is 37.5 Å². The summed E-state index contributed by atoms with van der Waals surface area (Å²) < 4.78 is 7.89. The van der Waals surface area contributed by atoms with Gasteiger partial charge in [0.15, 0.2) is 5.82 Å². The Balaban J connectivity index is 1.65. The number of aromatic nitrogens is 4. The summed E-state index contributed by atoms with van der Waals surface area (Å²) in [6.07, 6.45) is 9.85. The number of hydrogen-bond acceptors (Lipinski definition) is 4. The van der Waals surface area contributed by atoms with Gasteiger partial charge in [0.2, 0.25) is 0 Å². The smallest absolute Gasteiger partial charge is 0.160 e. The molecule has 1 unspecified atom stereocenters. The van der Waals surface area contributed by atoms with Gasteiger partial charge in [-0.2, -0.15) is 0 Å². The van der Waals surface area contributed by atoms with Crippen molar-refractivity contribution in [2.24, 2.45) is 0 Å². The van der Waals surface area contributed by atoms with E-state index in [-0.39, 0.29) is 6.04 Å². The van der Waals surface area contributed by atoms with Crippen LogP contribution in [0, 0.1) is 6.92 Å². The third-order valence-corrected chi connectivity index (χ3v) is 4.58. The van der Waals surface area contributed by atoms with Gasteiger partial charge in [0.05, 0.1) is 18.6 Å². The van der Waals surface area contributed by atoms with Gasteiger partial charge in [0.25, 0.3) is 0 Å². The molecule has 3 aromatic heterocycles. The molecule has 0 saturated carbocycles. The van der Waals surface area contributed by atoms with Crippen LogP contribution in [0.3, 0.4) is 0 Å². The van der Waals surface area contributed by atoms with Crippen molar-refractivity contribution >= 4 is 0 Å². The summed E-state index contributed by atoms with van der Waals surface area (Å²) in [5, 5.41) is 0. The fourth-order valence-corrected chi connectivity index (χ4v) is 3.36. The predicted molar refractivity (Wildman–Crippen MR) is 86.8 cm³/mol. The fourth-order valence-electron chi connectivity index (χ4n) is 3.36. The highest BCUT2D eigenvalue weighted by molar-refractivity contribution is 5.52. The summed E-state index contributed by atoms with van der Waals surface area (Å²) in [5.74, 6) is 1.92. The second-order valence-corrected chi connectivity index (χ2v) is 6.05. The molecule has 6 heteroatoms. The third kappa shape index (κ3) is 2.70. The standard InChI is InChI=1S/C17H21N5O/c1-13-16(20-12-19-13)17-18-6-9-22(17)11-14(15-5-4-10-23-15)21-7-2-3-8-21/h4-6,9-10,12,14H,2-3,7-8,11H2,1H3,(H,19,20). The largest absolute Gasteiger partial charge is 0.468 e. The van der Waals surface area contributed by atoms with E-state index in [9.17, 15) is 0 Å². The monoisotopic (exact) mass is 311 g/mol. The molecule has 0 radical (unpaired) electrons. The van der Waals surface area contributed by atoms with E-state index < -0.39 is 0 Å². The van der Waals surface area contributed by atoms with Gasteiger partial charge < -0.3 is 14.0 Å². The number of nitrogens with zero attached hydrogens (tertiary/aromatic N) is 4. The number of imidazole rings is 2. The molecule has 1 N–H and O–H groups in total. The van der Waals surface area contributed by atoms with E-state index in [0.717, 1.165) is 42.6 Å². The molecule has 120 valence electrons. The molecule has 6 nitrogen and oxygen atoms in total. The van der Waals surface area contributed by atoms with E-state index in [1.54, 1.807) is 12.6 Å². The molecule has 0 bridgehead atoms. The van der Waals surface area contributed by atoms with E-state index in [1.807, 2.05) is 25.4 Å². The van der Waals surface area contributed by atoms with Crippen LogP contribution in [0.25, 0.3) is 11.5 Å².